The molecule has 0 radical (unpaired) electrons. The molecule has 0 heterocycles. The highest BCUT2D eigenvalue weighted by molar-refractivity contribution is 5.85. The Morgan fingerprint density at radius 1 is 1.53 bits per heavy atom. The first-order chi connectivity index (χ1) is 7.04. The zero-order chi connectivity index (χ0) is 11.5. The van der Waals surface area contributed by atoms with E-state index in [0.29, 0.717) is 11.8 Å². The molecular formula is C12H24N2O. The average molecular weight is 212 g/mol. The number of nitrogens with one attached hydrogen (secondary N) is 1. The topological polar surface area (TPSA) is 55.1 Å². The molecule has 1 saturated carbocycles. The molecule has 3 atom stereocenters. The van der Waals surface area contributed by atoms with E-state index < -0.39 is 5.54 Å². The molecule has 1 amide bonds. The number of nitrogens with two attached hydrogens (primary N) is 1. The Morgan fingerprint density at radius 3 is 2.73 bits per heavy atom. The van der Waals surface area contributed by atoms with Crippen LogP contribution in [0.3, 0.4) is 0 Å². The second-order valence-electron chi connectivity index (χ2n) is 4.92. The van der Waals surface area contributed by atoms with Crippen LogP contribution in [0.1, 0.15) is 46.5 Å². The summed E-state index contributed by atoms with van der Waals surface area (Å²) >= 11 is 0. The van der Waals surface area contributed by atoms with Crippen molar-refractivity contribution in [3.63, 3.8) is 0 Å². The molecule has 0 aliphatic heterocycles. The molecule has 3 unspecified atom stereocenters. The molecule has 1 aliphatic rings. The van der Waals surface area contributed by atoms with E-state index in [1.54, 1.807) is 0 Å². The summed E-state index contributed by atoms with van der Waals surface area (Å²) in [6.45, 7) is 7.35. The minimum atomic E-state index is -0.451. The van der Waals surface area contributed by atoms with E-state index >= 15 is 0 Å². The smallest absolute Gasteiger partial charge is 0.238 e. The molecular weight excluding hydrogens is 188 g/mol. The molecule has 0 aromatic rings. The predicted octanol–water partition coefficient (Wildman–Crippen LogP) is 1.67. The minimum Gasteiger partial charge on any atom is -0.368 e. The van der Waals surface area contributed by atoms with Crippen LogP contribution >= 0.6 is 0 Å². The van der Waals surface area contributed by atoms with Gasteiger partial charge in [0.15, 0.2) is 0 Å². The van der Waals surface area contributed by atoms with Crippen molar-refractivity contribution in [2.45, 2.75) is 52.0 Å². The third kappa shape index (κ3) is 2.33. The van der Waals surface area contributed by atoms with Gasteiger partial charge >= 0.3 is 0 Å². The fourth-order valence-corrected chi connectivity index (χ4v) is 2.70. The summed E-state index contributed by atoms with van der Waals surface area (Å²) in [5, 5.41) is 3.39. The highest BCUT2D eigenvalue weighted by Gasteiger charge is 2.45. The van der Waals surface area contributed by atoms with Gasteiger partial charge in [0.05, 0.1) is 0 Å². The van der Waals surface area contributed by atoms with Crippen LogP contribution in [0, 0.1) is 11.8 Å². The van der Waals surface area contributed by atoms with Crippen molar-refractivity contribution in [2.24, 2.45) is 17.6 Å². The largest absolute Gasteiger partial charge is 0.368 e. The summed E-state index contributed by atoms with van der Waals surface area (Å²) in [6, 6.07) is 0. The quantitative estimate of drug-likeness (QED) is 0.744. The Kier molecular flexibility index (Phi) is 4.14. The van der Waals surface area contributed by atoms with Crippen molar-refractivity contribution in [3.05, 3.63) is 0 Å². The summed E-state index contributed by atoms with van der Waals surface area (Å²) in [6.07, 6.45) is 4.25. The Bertz CT molecular complexity index is 230. The van der Waals surface area contributed by atoms with Crippen molar-refractivity contribution in [1.29, 1.82) is 0 Å². The molecule has 0 aromatic carbocycles. The van der Waals surface area contributed by atoms with Crippen LogP contribution in [-0.4, -0.2) is 18.0 Å². The van der Waals surface area contributed by atoms with Gasteiger partial charge in [-0.2, -0.15) is 0 Å². The van der Waals surface area contributed by atoms with Crippen LogP contribution in [0.15, 0.2) is 0 Å². The maximum absolute atomic E-state index is 11.7. The van der Waals surface area contributed by atoms with E-state index in [4.69, 9.17) is 5.73 Å². The van der Waals surface area contributed by atoms with Gasteiger partial charge in [0.25, 0.3) is 0 Å². The maximum atomic E-state index is 11.7. The molecule has 1 aliphatic carbocycles. The molecule has 0 saturated heterocycles. The van der Waals surface area contributed by atoms with Gasteiger partial charge in [0.2, 0.25) is 5.91 Å². The molecule has 3 N–H and O–H groups in total. The van der Waals surface area contributed by atoms with Crippen molar-refractivity contribution < 1.29 is 4.79 Å². The summed E-state index contributed by atoms with van der Waals surface area (Å²) < 4.78 is 0. The second kappa shape index (κ2) is 4.97. The van der Waals surface area contributed by atoms with Crippen LogP contribution in [0.4, 0.5) is 0 Å². The predicted molar refractivity (Wildman–Crippen MR) is 62.4 cm³/mol. The average Bonchev–Trinajstić information content (AvgIpc) is 2.20. The molecule has 3 heteroatoms. The number of primary amides is 1. The number of rotatable bonds is 4. The fraction of sp³-hybridized carbons (Fsp3) is 0.917. The number of hydrogen-bond donors (Lipinski definition) is 2. The first-order valence-electron chi connectivity index (χ1n) is 6.09. The molecule has 15 heavy (non-hydrogen) atoms. The van der Waals surface area contributed by atoms with Gasteiger partial charge in [-0.1, -0.05) is 33.6 Å². The Balaban J connectivity index is 2.82. The minimum absolute atomic E-state index is 0.171. The van der Waals surface area contributed by atoms with E-state index in [1.165, 1.54) is 6.42 Å². The van der Waals surface area contributed by atoms with Crippen molar-refractivity contribution in [3.8, 4) is 0 Å². The maximum Gasteiger partial charge on any atom is 0.238 e. The van der Waals surface area contributed by atoms with Gasteiger partial charge in [-0.3, -0.25) is 4.79 Å². The fourth-order valence-electron chi connectivity index (χ4n) is 2.70. The first kappa shape index (κ1) is 12.5. The van der Waals surface area contributed by atoms with Crippen molar-refractivity contribution in [2.75, 3.05) is 6.54 Å². The third-order valence-corrected chi connectivity index (χ3v) is 3.99. The van der Waals surface area contributed by atoms with Crippen molar-refractivity contribution in [1.82, 2.24) is 5.32 Å². The van der Waals surface area contributed by atoms with E-state index in [-0.39, 0.29) is 5.91 Å². The van der Waals surface area contributed by atoms with E-state index in [2.05, 4.69) is 26.1 Å². The Morgan fingerprint density at radius 2 is 2.20 bits per heavy atom. The van der Waals surface area contributed by atoms with Gasteiger partial charge in [0.1, 0.15) is 5.54 Å². The standard InChI is InChI=1S/C12H24N2O/c1-4-8-14-12(11(13)15)7-5-6-9(2)10(12)3/h9-10,14H,4-8H2,1-3H3,(H2,13,15). The molecule has 3 nitrogen and oxygen atoms in total. The zero-order valence-corrected chi connectivity index (χ0v) is 10.2. The van der Waals surface area contributed by atoms with Gasteiger partial charge in [-0.15, -0.1) is 0 Å². The summed E-state index contributed by atoms with van der Waals surface area (Å²) in [7, 11) is 0. The van der Waals surface area contributed by atoms with Gasteiger partial charge in [0, 0.05) is 0 Å². The summed E-state index contributed by atoms with van der Waals surface area (Å²) in [4.78, 5) is 11.7. The van der Waals surface area contributed by atoms with Crippen LogP contribution in [0.2, 0.25) is 0 Å². The van der Waals surface area contributed by atoms with Crippen LogP contribution < -0.4 is 11.1 Å². The highest BCUT2D eigenvalue weighted by atomic mass is 16.1. The monoisotopic (exact) mass is 212 g/mol. The van der Waals surface area contributed by atoms with Gasteiger partial charge in [-0.25, -0.2) is 0 Å². The number of amides is 1. The number of carbonyl (C=O) groups excluding carboxylic acids is 1. The van der Waals surface area contributed by atoms with Crippen LogP contribution in [-0.2, 0) is 4.79 Å². The van der Waals surface area contributed by atoms with Crippen LogP contribution in [0.25, 0.3) is 0 Å². The third-order valence-electron chi connectivity index (χ3n) is 3.99. The highest BCUT2D eigenvalue weighted by Crippen LogP contribution is 2.37. The summed E-state index contributed by atoms with van der Waals surface area (Å²) in [5.41, 5.74) is 5.14. The second-order valence-corrected chi connectivity index (χ2v) is 4.92. The lowest BCUT2D eigenvalue weighted by Crippen LogP contribution is -2.62. The van der Waals surface area contributed by atoms with E-state index in [9.17, 15) is 4.79 Å². The van der Waals surface area contributed by atoms with Crippen molar-refractivity contribution >= 4 is 5.91 Å². The molecule has 0 spiro atoms. The zero-order valence-electron chi connectivity index (χ0n) is 10.2. The van der Waals surface area contributed by atoms with E-state index in [1.807, 2.05) is 0 Å². The normalized spacial score (nSPS) is 36.5. The molecule has 1 rings (SSSR count). The molecule has 88 valence electrons. The number of hydrogen-bond acceptors (Lipinski definition) is 2. The van der Waals surface area contributed by atoms with E-state index in [0.717, 1.165) is 25.8 Å². The molecule has 0 bridgehead atoms. The van der Waals surface area contributed by atoms with Gasteiger partial charge in [-0.05, 0) is 31.2 Å². The van der Waals surface area contributed by atoms with Gasteiger partial charge < -0.3 is 11.1 Å². The summed E-state index contributed by atoms with van der Waals surface area (Å²) in [5.74, 6) is 0.751. The molecule has 1 fully saturated rings. The lowest BCUT2D eigenvalue weighted by atomic mass is 9.68. The van der Waals surface area contributed by atoms with Crippen LogP contribution in [0.5, 0.6) is 0 Å². The number of carbonyl (C=O) groups is 1. The SMILES string of the molecule is CCCNC1(C(N)=O)CCCC(C)C1C. The molecule has 0 aromatic heterocycles. The lowest BCUT2D eigenvalue weighted by Gasteiger charge is -2.44. The lowest BCUT2D eigenvalue weighted by molar-refractivity contribution is -0.129. The Hall–Kier alpha value is -0.570. The first-order valence-corrected chi connectivity index (χ1v) is 6.09. The Labute approximate surface area is 92.8 Å².